The summed E-state index contributed by atoms with van der Waals surface area (Å²) in [5, 5.41) is 13.6. The molecule has 0 fully saturated rings. The van der Waals surface area contributed by atoms with Gasteiger partial charge in [-0.15, -0.1) is 0 Å². The van der Waals surface area contributed by atoms with Gasteiger partial charge in [0, 0.05) is 13.0 Å². The fourth-order valence-electron chi connectivity index (χ4n) is 1.05. The SMILES string of the molecule is NS(=O)(=O)c1ccccc1OCCCO. The third kappa shape index (κ3) is 3.50. The molecular weight excluding hydrogens is 218 g/mol. The Bertz CT molecular complexity index is 416. The second-order valence-electron chi connectivity index (χ2n) is 2.92. The fourth-order valence-corrected chi connectivity index (χ4v) is 1.73. The second-order valence-corrected chi connectivity index (χ2v) is 4.45. The number of primary sulfonamides is 1. The van der Waals surface area contributed by atoms with Gasteiger partial charge in [0.2, 0.25) is 10.0 Å². The predicted octanol–water partition coefficient (Wildman–Crippen LogP) is 0.0952. The third-order valence-corrected chi connectivity index (χ3v) is 2.67. The number of aliphatic hydroxyl groups excluding tert-OH is 1. The molecule has 0 atom stereocenters. The molecule has 84 valence electrons. The van der Waals surface area contributed by atoms with Crippen LogP contribution in [0.1, 0.15) is 6.42 Å². The van der Waals surface area contributed by atoms with Crippen LogP contribution < -0.4 is 9.88 Å². The monoisotopic (exact) mass is 231 g/mol. The van der Waals surface area contributed by atoms with Crippen LogP contribution in [-0.4, -0.2) is 26.7 Å². The molecule has 0 aliphatic rings. The summed E-state index contributed by atoms with van der Waals surface area (Å²) in [5.74, 6) is 0.216. The zero-order chi connectivity index (χ0) is 11.3. The van der Waals surface area contributed by atoms with Crippen LogP contribution in [0.2, 0.25) is 0 Å². The van der Waals surface area contributed by atoms with Crippen LogP contribution in [0.15, 0.2) is 29.2 Å². The molecule has 15 heavy (non-hydrogen) atoms. The topological polar surface area (TPSA) is 89.6 Å². The van der Waals surface area contributed by atoms with Crippen LogP contribution in [-0.2, 0) is 10.0 Å². The number of para-hydroxylation sites is 1. The van der Waals surface area contributed by atoms with Crippen molar-refractivity contribution in [3.8, 4) is 5.75 Å². The first-order valence-corrected chi connectivity index (χ1v) is 5.96. The number of sulfonamides is 1. The van der Waals surface area contributed by atoms with Gasteiger partial charge in [-0.05, 0) is 12.1 Å². The van der Waals surface area contributed by atoms with E-state index in [4.69, 9.17) is 15.0 Å². The highest BCUT2D eigenvalue weighted by Gasteiger charge is 2.13. The van der Waals surface area contributed by atoms with Gasteiger partial charge >= 0.3 is 0 Å². The van der Waals surface area contributed by atoms with E-state index < -0.39 is 10.0 Å². The minimum Gasteiger partial charge on any atom is -0.492 e. The Kier molecular flexibility index (Phi) is 4.07. The van der Waals surface area contributed by atoms with Crippen molar-refractivity contribution in [1.82, 2.24) is 0 Å². The molecule has 0 radical (unpaired) electrons. The molecule has 5 nitrogen and oxygen atoms in total. The molecule has 0 spiro atoms. The van der Waals surface area contributed by atoms with E-state index in [1.165, 1.54) is 12.1 Å². The maximum Gasteiger partial charge on any atom is 0.241 e. The van der Waals surface area contributed by atoms with E-state index in [2.05, 4.69) is 0 Å². The molecule has 6 heteroatoms. The largest absolute Gasteiger partial charge is 0.492 e. The molecule has 0 aliphatic carbocycles. The smallest absolute Gasteiger partial charge is 0.241 e. The molecular formula is C9H13NO4S. The van der Waals surface area contributed by atoms with Gasteiger partial charge in [-0.2, -0.15) is 0 Å². The maximum atomic E-state index is 11.1. The number of aliphatic hydroxyl groups is 1. The first-order chi connectivity index (χ1) is 7.05. The Morgan fingerprint density at radius 3 is 2.60 bits per heavy atom. The molecule has 0 saturated heterocycles. The van der Waals surface area contributed by atoms with Gasteiger partial charge < -0.3 is 9.84 Å². The van der Waals surface area contributed by atoms with Crippen molar-refractivity contribution in [2.24, 2.45) is 5.14 Å². The Hall–Kier alpha value is -1.11. The molecule has 0 bridgehead atoms. The quantitative estimate of drug-likeness (QED) is 0.703. The highest BCUT2D eigenvalue weighted by Crippen LogP contribution is 2.21. The number of nitrogens with two attached hydrogens (primary N) is 1. The van der Waals surface area contributed by atoms with Crippen LogP contribution in [0.25, 0.3) is 0 Å². The summed E-state index contributed by atoms with van der Waals surface area (Å²) in [7, 11) is -3.76. The average molecular weight is 231 g/mol. The summed E-state index contributed by atoms with van der Waals surface area (Å²) in [6.45, 7) is 0.251. The van der Waals surface area contributed by atoms with E-state index in [-0.39, 0.29) is 23.9 Å². The molecule has 0 heterocycles. The lowest BCUT2D eigenvalue weighted by Gasteiger charge is -2.08. The lowest BCUT2D eigenvalue weighted by atomic mass is 10.3. The number of ether oxygens (including phenoxy) is 1. The zero-order valence-corrected chi connectivity index (χ0v) is 8.90. The molecule has 1 rings (SSSR count). The van der Waals surface area contributed by atoms with E-state index in [9.17, 15) is 8.42 Å². The molecule has 1 aromatic carbocycles. The minimum absolute atomic E-state index is 0.00244. The average Bonchev–Trinajstić information content (AvgIpc) is 2.17. The lowest BCUT2D eigenvalue weighted by molar-refractivity contribution is 0.231. The van der Waals surface area contributed by atoms with Crippen LogP contribution in [0.3, 0.4) is 0 Å². The minimum atomic E-state index is -3.76. The standard InChI is InChI=1S/C9H13NO4S/c10-15(12,13)9-5-2-1-4-8(9)14-7-3-6-11/h1-2,4-5,11H,3,6-7H2,(H2,10,12,13). The van der Waals surface area contributed by atoms with Crippen molar-refractivity contribution in [2.75, 3.05) is 13.2 Å². The first-order valence-electron chi connectivity index (χ1n) is 4.41. The van der Waals surface area contributed by atoms with E-state index in [1.54, 1.807) is 12.1 Å². The van der Waals surface area contributed by atoms with Gasteiger partial charge in [-0.3, -0.25) is 0 Å². The molecule has 0 unspecified atom stereocenters. The summed E-state index contributed by atoms with van der Waals surface area (Å²) in [6, 6.07) is 6.13. The fraction of sp³-hybridized carbons (Fsp3) is 0.333. The summed E-state index contributed by atoms with van der Waals surface area (Å²) in [4.78, 5) is -0.0389. The Balaban J connectivity index is 2.88. The Labute approximate surface area is 88.5 Å². The van der Waals surface area contributed by atoms with Crippen molar-refractivity contribution in [3.05, 3.63) is 24.3 Å². The normalized spacial score (nSPS) is 11.3. The van der Waals surface area contributed by atoms with Gasteiger partial charge in [0.25, 0.3) is 0 Å². The predicted molar refractivity (Wildman–Crippen MR) is 55.0 cm³/mol. The van der Waals surface area contributed by atoms with Crippen LogP contribution in [0, 0.1) is 0 Å². The van der Waals surface area contributed by atoms with Crippen LogP contribution in [0.4, 0.5) is 0 Å². The van der Waals surface area contributed by atoms with Gasteiger partial charge in [0.15, 0.2) is 0 Å². The Morgan fingerprint density at radius 1 is 1.33 bits per heavy atom. The second kappa shape index (κ2) is 5.11. The molecule has 0 aromatic heterocycles. The van der Waals surface area contributed by atoms with Gasteiger partial charge in [0.1, 0.15) is 10.6 Å². The van der Waals surface area contributed by atoms with Crippen molar-refractivity contribution < 1.29 is 18.3 Å². The Morgan fingerprint density at radius 2 is 2.00 bits per heavy atom. The van der Waals surface area contributed by atoms with E-state index in [0.717, 1.165) is 0 Å². The first kappa shape index (κ1) is 12.0. The third-order valence-electron chi connectivity index (χ3n) is 1.72. The maximum absolute atomic E-state index is 11.1. The van der Waals surface area contributed by atoms with E-state index >= 15 is 0 Å². The molecule has 1 aromatic rings. The summed E-state index contributed by atoms with van der Waals surface area (Å²) in [6.07, 6.45) is 0.443. The van der Waals surface area contributed by atoms with Crippen molar-refractivity contribution in [2.45, 2.75) is 11.3 Å². The zero-order valence-electron chi connectivity index (χ0n) is 8.09. The number of hydrogen-bond acceptors (Lipinski definition) is 4. The lowest BCUT2D eigenvalue weighted by Crippen LogP contribution is -2.14. The molecule has 0 saturated carbocycles. The molecule has 0 aliphatic heterocycles. The number of hydrogen-bond donors (Lipinski definition) is 2. The van der Waals surface area contributed by atoms with E-state index in [1.807, 2.05) is 0 Å². The number of rotatable bonds is 5. The van der Waals surface area contributed by atoms with Crippen molar-refractivity contribution >= 4 is 10.0 Å². The summed E-state index contributed by atoms with van der Waals surface area (Å²) < 4.78 is 27.5. The van der Waals surface area contributed by atoms with E-state index in [0.29, 0.717) is 6.42 Å². The van der Waals surface area contributed by atoms with Crippen molar-refractivity contribution in [1.29, 1.82) is 0 Å². The molecule has 3 N–H and O–H groups in total. The van der Waals surface area contributed by atoms with Gasteiger partial charge in [-0.1, -0.05) is 12.1 Å². The summed E-state index contributed by atoms with van der Waals surface area (Å²) in [5.41, 5.74) is 0. The molecule has 0 amide bonds. The highest BCUT2D eigenvalue weighted by molar-refractivity contribution is 7.89. The summed E-state index contributed by atoms with van der Waals surface area (Å²) >= 11 is 0. The highest BCUT2D eigenvalue weighted by atomic mass is 32.2. The number of benzene rings is 1. The van der Waals surface area contributed by atoms with Gasteiger partial charge in [0.05, 0.1) is 6.61 Å². The van der Waals surface area contributed by atoms with Gasteiger partial charge in [-0.25, -0.2) is 13.6 Å². The van der Waals surface area contributed by atoms with Crippen LogP contribution >= 0.6 is 0 Å². The van der Waals surface area contributed by atoms with Crippen LogP contribution in [0.5, 0.6) is 5.75 Å². The van der Waals surface area contributed by atoms with Crippen molar-refractivity contribution in [3.63, 3.8) is 0 Å².